The molecule has 4 N–H and O–H groups in total. The molecule has 1 aromatic carbocycles. The van der Waals surface area contributed by atoms with Gasteiger partial charge in [-0.1, -0.05) is 25.1 Å². The number of methoxy groups -OCH3 is 1. The topological polar surface area (TPSA) is 165 Å². The lowest BCUT2D eigenvalue weighted by molar-refractivity contribution is -0.131. The largest absolute Gasteiger partial charge is 0.496 e. The number of ether oxygens (including phenoxy) is 2. The number of benzene rings is 1. The fourth-order valence-electron chi connectivity index (χ4n) is 4.59. The second-order valence-electron chi connectivity index (χ2n) is 9.95. The lowest BCUT2D eigenvalue weighted by atomic mass is 9.95. The van der Waals surface area contributed by atoms with Crippen LogP contribution in [-0.2, 0) is 14.4 Å². The number of nitrogens with one attached hydrogen (secondary N) is 4. The number of Topliss-reactive ketones (excluding diaryl/α,β-unsaturated/α-hetero) is 1. The molecule has 0 radical (unpaired) electrons. The molecule has 1 fully saturated rings. The molecule has 3 atom stereocenters. The third-order valence-electron chi connectivity index (χ3n) is 6.60. The van der Waals surface area contributed by atoms with E-state index in [0.717, 1.165) is 10.9 Å². The summed E-state index contributed by atoms with van der Waals surface area (Å²) in [5.41, 5.74) is 0.992. The van der Waals surface area contributed by atoms with Crippen LogP contribution < -0.4 is 25.4 Å². The number of nitrogens with zero attached hydrogens (tertiary/aromatic N) is 1. The van der Waals surface area contributed by atoms with Gasteiger partial charge in [-0.2, -0.15) is 0 Å². The molecule has 39 heavy (non-hydrogen) atoms. The predicted octanol–water partition coefficient (Wildman–Crippen LogP) is 1.97. The third kappa shape index (κ3) is 6.95. The molecular weight excluding hydrogens is 506 g/mol. The summed E-state index contributed by atoms with van der Waals surface area (Å²) >= 11 is 0. The van der Waals surface area contributed by atoms with Gasteiger partial charge < -0.3 is 34.9 Å². The zero-order valence-corrected chi connectivity index (χ0v) is 22.1. The number of hydrogen-bond acceptors (Lipinski definition) is 8. The fourth-order valence-corrected chi connectivity index (χ4v) is 4.59. The highest BCUT2D eigenvalue weighted by Crippen LogP contribution is 2.26. The first-order valence-corrected chi connectivity index (χ1v) is 12.8. The standard InChI is InChI=1S/C27H33N5O7/c1-15(2)9-21(32-27(36)22-11-18-19(30-22)5-4-6-24(18)37-3)26(35)31-20(10-16-7-8-28-25(16)34)23(33)14-38-17-12-29-39-13-17/h4-6,11-13,15-16,20-21,30H,7-10,14H2,1-3H3,(H,28,34)(H,31,35)(H,32,36)/t16-,20?,21?/m0/s1. The first kappa shape index (κ1) is 27.7. The molecule has 1 aliphatic heterocycles. The molecule has 3 aromatic rings. The Bertz CT molecular complexity index is 1320. The molecule has 0 bridgehead atoms. The van der Waals surface area contributed by atoms with Crippen molar-refractivity contribution in [1.82, 2.24) is 26.1 Å². The number of amides is 3. The quantitative estimate of drug-likeness (QED) is 0.256. The molecule has 2 unspecified atom stereocenters. The van der Waals surface area contributed by atoms with Crippen molar-refractivity contribution in [2.24, 2.45) is 11.8 Å². The van der Waals surface area contributed by atoms with Gasteiger partial charge in [-0.05, 0) is 43.4 Å². The minimum atomic E-state index is -0.991. The Balaban J connectivity index is 1.49. The van der Waals surface area contributed by atoms with E-state index in [2.05, 4.69) is 26.1 Å². The number of fused-ring (bicyclic) bond motifs is 1. The first-order chi connectivity index (χ1) is 18.7. The molecule has 3 heterocycles. The van der Waals surface area contributed by atoms with Crippen molar-refractivity contribution >= 4 is 34.4 Å². The van der Waals surface area contributed by atoms with Crippen LogP contribution in [0.25, 0.3) is 10.9 Å². The van der Waals surface area contributed by atoms with E-state index in [-0.39, 0.29) is 36.3 Å². The van der Waals surface area contributed by atoms with E-state index < -0.39 is 35.6 Å². The summed E-state index contributed by atoms with van der Waals surface area (Å²) in [6.45, 7) is 4.02. The van der Waals surface area contributed by atoms with Gasteiger partial charge in [0, 0.05) is 23.4 Å². The summed E-state index contributed by atoms with van der Waals surface area (Å²) in [4.78, 5) is 55.0. The maximum Gasteiger partial charge on any atom is 0.268 e. The average Bonchev–Trinajstić information content (AvgIpc) is 3.67. The molecule has 2 aromatic heterocycles. The first-order valence-electron chi connectivity index (χ1n) is 12.8. The highest BCUT2D eigenvalue weighted by Gasteiger charge is 2.33. The SMILES string of the molecule is COc1cccc2[nH]c(C(=O)NC(CC(C)C)C(=O)NC(C[C@@H]3CCNC3=O)C(=O)COc3cnoc3)cc12. The second-order valence-corrected chi connectivity index (χ2v) is 9.95. The normalized spacial score (nSPS) is 16.5. The smallest absolute Gasteiger partial charge is 0.268 e. The van der Waals surface area contributed by atoms with Crippen LogP contribution in [0.5, 0.6) is 11.5 Å². The molecule has 4 rings (SSSR count). The van der Waals surface area contributed by atoms with E-state index in [1.165, 1.54) is 12.5 Å². The highest BCUT2D eigenvalue weighted by molar-refractivity contribution is 6.02. The number of ketones is 1. The molecule has 0 spiro atoms. The molecule has 0 aliphatic carbocycles. The van der Waals surface area contributed by atoms with Crippen LogP contribution in [-0.4, -0.2) is 66.0 Å². The minimum Gasteiger partial charge on any atom is -0.496 e. The van der Waals surface area contributed by atoms with Crippen LogP contribution in [0.15, 0.2) is 41.2 Å². The van der Waals surface area contributed by atoms with Crippen molar-refractivity contribution in [3.63, 3.8) is 0 Å². The van der Waals surface area contributed by atoms with Gasteiger partial charge in [-0.25, -0.2) is 0 Å². The van der Waals surface area contributed by atoms with Gasteiger partial charge in [-0.3, -0.25) is 19.2 Å². The van der Waals surface area contributed by atoms with Gasteiger partial charge in [0.2, 0.25) is 11.8 Å². The zero-order chi connectivity index (χ0) is 27.9. The fraction of sp³-hybridized carbons (Fsp3) is 0.444. The summed E-state index contributed by atoms with van der Waals surface area (Å²) in [6.07, 6.45) is 3.58. The molecule has 0 saturated carbocycles. The van der Waals surface area contributed by atoms with Crippen molar-refractivity contribution in [2.75, 3.05) is 20.3 Å². The predicted molar refractivity (Wildman–Crippen MR) is 140 cm³/mol. The molecule has 1 aliphatic rings. The monoisotopic (exact) mass is 539 g/mol. The summed E-state index contributed by atoms with van der Waals surface area (Å²) in [5, 5.41) is 12.6. The highest BCUT2D eigenvalue weighted by atomic mass is 16.5. The minimum absolute atomic E-state index is 0.0653. The summed E-state index contributed by atoms with van der Waals surface area (Å²) < 4.78 is 15.5. The molecule has 3 amide bonds. The summed E-state index contributed by atoms with van der Waals surface area (Å²) in [5.74, 6) is -1.04. The van der Waals surface area contributed by atoms with Gasteiger partial charge in [0.1, 0.15) is 30.3 Å². The van der Waals surface area contributed by atoms with Gasteiger partial charge in [0.15, 0.2) is 17.8 Å². The molecule has 208 valence electrons. The van der Waals surface area contributed by atoms with Crippen LogP contribution >= 0.6 is 0 Å². The van der Waals surface area contributed by atoms with Crippen LogP contribution in [0.1, 0.15) is 43.6 Å². The van der Waals surface area contributed by atoms with E-state index in [1.54, 1.807) is 19.2 Å². The van der Waals surface area contributed by atoms with Crippen molar-refractivity contribution in [3.05, 3.63) is 42.4 Å². The average molecular weight is 540 g/mol. The van der Waals surface area contributed by atoms with Crippen molar-refractivity contribution < 1.29 is 33.2 Å². The Morgan fingerprint density at radius 3 is 2.69 bits per heavy atom. The number of H-pyrrole nitrogens is 1. The van der Waals surface area contributed by atoms with E-state index in [9.17, 15) is 19.2 Å². The summed E-state index contributed by atoms with van der Waals surface area (Å²) in [6, 6.07) is 5.18. The van der Waals surface area contributed by atoms with E-state index in [4.69, 9.17) is 14.0 Å². The molecule has 1 saturated heterocycles. The zero-order valence-electron chi connectivity index (χ0n) is 22.1. The Morgan fingerprint density at radius 2 is 2.03 bits per heavy atom. The van der Waals surface area contributed by atoms with Crippen LogP contribution in [0, 0.1) is 11.8 Å². The van der Waals surface area contributed by atoms with E-state index in [1.807, 2.05) is 26.0 Å². The van der Waals surface area contributed by atoms with Crippen LogP contribution in [0.3, 0.4) is 0 Å². The van der Waals surface area contributed by atoms with E-state index >= 15 is 0 Å². The summed E-state index contributed by atoms with van der Waals surface area (Å²) in [7, 11) is 1.55. The third-order valence-corrected chi connectivity index (χ3v) is 6.60. The molecule has 12 nitrogen and oxygen atoms in total. The Morgan fingerprint density at radius 1 is 1.21 bits per heavy atom. The number of aromatic amines is 1. The van der Waals surface area contributed by atoms with Gasteiger partial charge in [-0.15, -0.1) is 0 Å². The maximum absolute atomic E-state index is 13.4. The number of carbonyl (C=O) groups excluding carboxylic acids is 4. The van der Waals surface area contributed by atoms with E-state index in [0.29, 0.717) is 25.1 Å². The van der Waals surface area contributed by atoms with Crippen molar-refractivity contribution in [2.45, 2.75) is 45.2 Å². The van der Waals surface area contributed by atoms with Crippen molar-refractivity contribution in [1.29, 1.82) is 0 Å². The van der Waals surface area contributed by atoms with Gasteiger partial charge in [0.05, 0.1) is 13.2 Å². The van der Waals surface area contributed by atoms with Gasteiger partial charge >= 0.3 is 0 Å². The van der Waals surface area contributed by atoms with Crippen LogP contribution in [0.2, 0.25) is 0 Å². The Hall–Kier alpha value is -4.35. The second kappa shape index (κ2) is 12.5. The Kier molecular flexibility index (Phi) is 8.84. The molecule has 12 heteroatoms. The maximum atomic E-state index is 13.4. The lowest BCUT2D eigenvalue weighted by Crippen LogP contribution is -2.53. The number of aromatic nitrogens is 2. The number of hydrogen-bond donors (Lipinski definition) is 4. The van der Waals surface area contributed by atoms with Crippen molar-refractivity contribution in [3.8, 4) is 11.5 Å². The van der Waals surface area contributed by atoms with Crippen LogP contribution in [0.4, 0.5) is 0 Å². The number of rotatable bonds is 13. The number of carbonyl (C=O) groups is 4. The van der Waals surface area contributed by atoms with Gasteiger partial charge in [0.25, 0.3) is 5.91 Å². The molecular formula is C27H33N5O7. The Labute approximate surface area is 225 Å². The lowest BCUT2D eigenvalue weighted by Gasteiger charge is -2.25.